The van der Waals surface area contributed by atoms with E-state index in [4.69, 9.17) is 14.2 Å². The van der Waals surface area contributed by atoms with E-state index in [1.54, 1.807) is 26.2 Å². The number of alkyl halides is 1. The molecule has 3 aromatic rings. The number of carbonyl (C=O) groups excluding carboxylic acids is 3. The van der Waals surface area contributed by atoms with Crippen LogP contribution in [0.5, 0.6) is 0 Å². The Labute approximate surface area is 232 Å². The van der Waals surface area contributed by atoms with E-state index in [1.165, 1.54) is 19.1 Å². The van der Waals surface area contributed by atoms with Crippen LogP contribution in [0.2, 0.25) is 0 Å². The topological polar surface area (TPSA) is 107 Å². The fraction of sp³-hybridized carbons (Fsp3) is 0.400. The number of aromatic nitrogens is 1. The van der Waals surface area contributed by atoms with Crippen LogP contribution in [-0.2, 0) is 30.3 Å². The quantitative estimate of drug-likeness (QED) is 0.268. The molecular weight excluding hydrogens is 517 g/mol. The monoisotopic (exact) mass is 551 g/mol. The summed E-state index contributed by atoms with van der Waals surface area (Å²) in [5.74, 6) is -3.39. The molecule has 0 radical (unpaired) electrons. The van der Waals surface area contributed by atoms with Gasteiger partial charge in [0.05, 0.1) is 19.1 Å². The number of nitrogens with zero attached hydrogens (tertiary/aromatic N) is 2. The molecule has 4 rings (SSSR count). The maximum Gasteiger partial charge on any atom is 0.308 e. The summed E-state index contributed by atoms with van der Waals surface area (Å²) in [6, 6.07) is 11.5. The number of hydrogen-bond acceptors (Lipinski definition) is 7. The maximum atomic E-state index is 14.1. The summed E-state index contributed by atoms with van der Waals surface area (Å²) in [5, 5.41) is 4.71. The number of ether oxygens (including phenoxy) is 3. The Morgan fingerprint density at radius 2 is 1.85 bits per heavy atom. The molecule has 0 aliphatic carbocycles. The van der Waals surface area contributed by atoms with Gasteiger partial charge in [-0.25, -0.2) is 4.39 Å². The van der Waals surface area contributed by atoms with Crippen LogP contribution in [0.1, 0.15) is 42.6 Å². The number of rotatable bonds is 12. The predicted octanol–water partition coefficient (Wildman–Crippen LogP) is 4.03. The molecule has 0 fully saturated rings. The summed E-state index contributed by atoms with van der Waals surface area (Å²) in [6.07, 6.45) is 3.48. The van der Waals surface area contributed by atoms with Crippen LogP contribution in [0.15, 0.2) is 54.9 Å². The number of benzene rings is 2. The third-order valence-electron chi connectivity index (χ3n) is 7.39. The number of carbonyl (C=O) groups is 3. The molecule has 1 aromatic heterocycles. The molecule has 9 nitrogen and oxygen atoms in total. The van der Waals surface area contributed by atoms with Gasteiger partial charge < -0.3 is 24.4 Å². The number of amides is 2. The molecule has 1 aliphatic rings. The van der Waals surface area contributed by atoms with E-state index in [1.807, 2.05) is 42.5 Å². The second kappa shape index (κ2) is 12.5. The van der Waals surface area contributed by atoms with Gasteiger partial charge >= 0.3 is 5.97 Å². The molecule has 2 atom stereocenters. The fourth-order valence-corrected chi connectivity index (χ4v) is 5.18. The summed E-state index contributed by atoms with van der Waals surface area (Å²) < 4.78 is 29.7. The molecule has 212 valence electrons. The van der Waals surface area contributed by atoms with Crippen LogP contribution < -0.4 is 5.32 Å². The molecule has 0 saturated carbocycles. The Kier molecular flexibility index (Phi) is 9.11. The van der Waals surface area contributed by atoms with Gasteiger partial charge in [0, 0.05) is 49.7 Å². The highest BCUT2D eigenvalue weighted by molar-refractivity contribution is 6.03. The number of pyridine rings is 1. The Balaban J connectivity index is 1.59. The molecule has 2 heterocycles. The van der Waals surface area contributed by atoms with Crippen molar-refractivity contribution in [3.05, 3.63) is 66.0 Å². The number of hydrogen-bond donors (Lipinski definition) is 1. The lowest BCUT2D eigenvalue weighted by molar-refractivity contribution is -0.235. The van der Waals surface area contributed by atoms with Crippen molar-refractivity contribution >= 4 is 28.6 Å². The lowest BCUT2D eigenvalue weighted by Crippen LogP contribution is -2.60. The Morgan fingerprint density at radius 1 is 1.10 bits per heavy atom. The van der Waals surface area contributed by atoms with Gasteiger partial charge in [-0.3, -0.25) is 19.4 Å². The van der Waals surface area contributed by atoms with Crippen molar-refractivity contribution in [3.63, 3.8) is 0 Å². The summed E-state index contributed by atoms with van der Waals surface area (Å²) >= 11 is 0. The number of fused-ring (bicyclic) bond motifs is 2. The first-order valence-electron chi connectivity index (χ1n) is 13.2. The Bertz CT molecular complexity index is 1380. The van der Waals surface area contributed by atoms with Gasteiger partial charge in [0.2, 0.25) is 11.7 Å². The lowest BCUT2D eigenvalue weighted by Gasteiger charge is -2.37. The highest BCUT2D eigenvalue weighted by Gasteiger charge is 2.44. The van der Waals surface area contributed by atoms with E-state index >= 15 is 0 Å². The summed E-state index contributed by atoms with van der Waals surface area (Å²) in [5.41, 5.74) is 3.05. The molecule has 2 unspecified atom stereocenters. The van der Waals surface area contributed by atoms with Crippen molar-refractivity contribution in [2.24, 2.45) is 0 Å². The highest BCUT2D eigenvalue weighted by atomic mass is 19.1. The highest BCUT2D eigenvalue weighted by Crippen LogP contribution is 2.33. The normalized spacial score (nSPS) is 14.6. The van der Waals surface area contributed by atoms with Crippen molar-refractivity contribution in [2.45, 2.75) is 51.1 Å². The molecule has 0 spiro atoms. The second-order valence-corrected chi connectivity index (χ2v) is 9.56. The van der Waals surface area contributed by atoms with Gasteiger partial charge in [0.15, 0.2) is 0 Å². The standard InChI is InChI=1S/C30H34FN3O6/c1-5-25(28(36)33-26(14-27(35)40-6-2)30(18-31,38-3)39-4)34-17-21-12-11-19(13-23(21)29(34)37)24-16-32-15-20-9-7-8-10-22(20)24/h7-13,15-16,25-26H,5-6,14,17-18H2,1-4H3,(H,33,36). The van der Waals surface area contributed by atoms with Gasteiger partial charge in [-0.15, -0.1) is 0 Å². The van der Waals surface area contributed by atoms with Crippen molar-refractivity contribution < 1.29 is 33.0 Å². The van der Waals surface area contributed by atoms with Crippen molar-refractivity contribution in [1.29, 1.82) is 0 Å². The third-order valence-corrected chi connectivity index (χ3v) is 7.39. The molecular formula is C30H34FN3O6. The van der Waals surface area contributed by atoms with Crippen LogP contribution in [0.3, 0.4) is 0 Å². The first kappa shape index (κ1) is 29.1. The van der Waals surface area contributed by atoms with Crippen LogP contribution in [0.25, 0.3) is 21.9 Å². The zero-order valence-corrected chi connectivity index (χ0v) is 23.1. The molecule has 0 saturated heterocycles. The fourth-order valence-electron chi connectivity index (χ4n) is 5.18. The van der Waals surface area contributed by atoms with E-state index in [0.717, 1.165) is 27.5 Å². The number of methoxy groups -OCH3 is 2. The van der Waals surface area contributed by atoms with Crippen molar-refractivity contribution in [3.8, 4) is 11.1 Å². The molecule has 10 heteroatoms. The average Bonchev–Trinajstić information content (AvgIpc) is 3.29. The van der Waals surface area contributed by atoms with E-state index in [0.29, 0.717) is 12.0 Å². The predicted molar refractivity (Wildman–Crippen MR) is 147 cm³/mol. The first-order valence-corrected chi connectivity index (χ1v) is 13.2. The van der Waals surface area contributed by atoms with E-state index in [2.05, 4.69) is 10.3 Å². The van der Waals surface area contributed by atoms with E-state index in [9.17, 15) is 18.8 Å². The van der Waals surface area contributed by atoms with Crippen LogP contribution in [-0.4, -0.2) is 73.0 Å². The average molecular weight is 552 g/mol. The lowest BCUT2D eigenvalue weighted by atomic mass is 9.98. The van der Waals surface area contributed by atoms with Gasteiger partial charge in [-0.2, -0.15) is 0 Å². The zero-order chi connectivity index (χ0) is 28.9. The number of esters is 1. The third kappa shape index (κ3) is 5.55. The van der Waals surface area contributed by atoms with Crippen LogP contribution >= 0.6 is 0 Å². The smallest absolute Gasteiger partial charge is 0.308 e. The number of halogens is 1. The Morgan fingerprint density at radius 3 is 2.52 bits per heavy atom. The van der Waals surface area contributed by atoms with Crippen LogP contribution in [0.4, 0.5) is 4.39 Å². The van der Waals surface area contributed by atoms with Gasteiger partial charge in [0.1, 0.15) is 12.7 Å². The van der Waals surface area contributed by atoms with Gasteiger partial charge in [-0.1, -0.05) is 43.3 Å². The maximum absolute atomic E-state index is 14.1. The van der Waals surface area contributed by atoms with Gasteiger partial charge in [-0.05, 0) is 35.9 Å². The molecule has 0 bridgehead atoms. The molecule has 2 amide bonds. The Hall–Kier alpha value is -3.89. The van der Waals surface area contributed by atoms with Crippen molar-refractivity contribution in [1.82, 2.24) is 15.2 Å². The number of nitrogens with one attached hydrogen (secondary N) is 1. The summed E-state index contributed by atoms with van der Waals surface area (Å²) in [6.45, 7) is 2.66. The SMILES string of the molecule is CCOC(=O)CC(NC(=O)C(CC)N1Cc2ccc(-c3cncc4ccccc34)cc2C1=O)C(CF)(OC)OC. The zero-order valence-electron chi connectivity index (χ0n) is 23.1. The summed E-state index contributed by atoms with van der Waals surface area (Å²) in [7, 11) is 2.46. The molecule has 2 aromatic carbocycles. The van der Waals surface area contributed by atoms with E-state index < -0.39 is 36.4 Å². The van der Waals surface area contributed by atoms with E-state index in [-0.39, 0.29) is 25.5 Å². The molecule has 1 aliphatic heterocycles. The van der Waals surface area contributed by atoms with Crippen molar-refractivity contribution in [2.75, 3.05) is 27.5 Å². The minimum absolute atomic E-state index is 0.122. The molecule has 1 N–H and O–H groups in total. The summed E-state index contributed by atoms with van der Waals surface area (Å²) in [4.78, 5) is 45.3. The minimum Gasteiger partial charge on any atom is -0.466 e. The first-order chi connectivity index (χ1) is 19.3. The minimum atomic E-state index is -1.90. The largest absolute Gasteiger partial charge is 0.466 e. The molecule has 40 heavy (non-hydrogen) atoms. The second-order valence-electron chi connectivity index (χ2n) is 9.56. The van der Waals surface area contributed by atoms with Gasteiger partial charge in [0.25, 0.3) is 5.91 Å². The van der Waals surface area contributed by atoms with Crippen LogP contribution in [0, 0.1) is 0 Å².